The first kappa shape index (κ1) is 14.0. The normalized spacial score (nSPS) is 17.2. The van der Waals surface area contributed by atoms with Crippen molar-refractivity contribution in [1.29, 1.82) is 0 Å². The molecule has 0 bridgehead atoms. The second-order valence-electron chi connectivity index (χ2n) is 5.18. The highest BCUT2D eigenvalue weighted by Gasteiger charge is 2.22. The van der Waals surface area contributed by atoms with Crippen molar-refractivity contribution in [3.05, 3.63) is 11.9 Å². The number of nitrogens with two attached hydrogens (primary N) is 1. The van der Waals surface area contributed by atoms with E-state index in [4.69, 9.17) is 10.5 Å². The van der Waals surface area contributed by atoms with E-state index in [2.05, 4.69) is 33.9 Å². The van der Waals surface area contributed by atoms with Gasteiger partial charge in [0.2, 0.25) is 0 Å². The summed E-state index contributed by atoms with van der Waals surface area (Å²) in [6.45, 7) is 2.41. The molecule has 2 heterocycles. The Hall–Kier alpha value is -1.40. The summed E-state index contributed by atoms with van der Waals surface area (Å²) in [5.41, 5.74) is 5.83. The van der Waals surface area contributed by atoms with E-state index in [0.717, 1.165) is 31.7 Å². The van der Waals surface area contributed by atoms with Gasteiger partial charge in [-0.2, -0.15) is 0 Å². The van der Waals surface area contributed by atoms with Crippen molar-refractivity contribution in [2.45, 2.75) is 25.5 Å². The molecule has 0 aliphatic carbocycles. The van der Waals surface area contributed by atoms with Crippen LogP contribution in [-0.2, 0) is 11.3 Å². The summed E-state index contributed by atoms with van der Waals surface area (Å²) in [5, 5.41) is 0. The number of ether oxygens (including phenoxy) is 1. The van der Waals surface area contributed by atoms with Crippen LogP contribution in [-0.4, -0.2) is 55.2 Å². The summed E-state index contributed by atoms with van der Waals surface area (Å²) >= 11 is 0. The van der Waals surface area contributed by atoms with Gasteiger partial charge < -0.3 is 20.3 Å². The van der Waals surface area contributed by atoms with E-state index in [-0.39, 0.29) is 0 Å². The third kappa shape index (κ3) is 3.54. The SMILES string of the molecule is COCc1nc(N)cc(N2CCC(N(C)C)CC2)n1. The summed E-state index contributed by atoms with van der Waals surface area (Å²) < 4.78 is 5.07. The Bertz CT molecular complexity index is 415. The number of aromatic nitrogens is 2. The average Bonchev–Trinajstić information content (AvgIpc) is 2.38. The molecule has 6 heteroatoms. The molecule has 1 aromatic rings. The number of anilines is 2. The van der Waals surface area contributed by atoms with Crippen LogP contribution in [0.3, 0.4) is 0 Å². The zero-order chi connectivity index (χ0) is 13.8. The standard InChI is InChI=1S/C13H23N5O/c1-17(2)10-4-6-18(7-5-10)13-8-11(14)15-12(16-13)9-19-3/h8,10H,4-7,9H2,1-3H3,(H2,14,15,16). The van der Waals surface area contributed by atoms with Crippen molar-refractivity contribution in [2.75, 3.05) is 44.9 Å². The summed E-state index contributed by atoms with van der Waals surface area (Å²) in [6, 6.07) is 2.50. The fourth-order valence-electron chi connectivity index (χ4n) is 2.47. The van der Waals surface area contributed by atoms with E-state index >= 15 is 0 Å². The van der Waals surface area contributed by atoms with Crippen molar-refractivity contribution in [2.24, 2.45) is 0 Å². The largest absolute Gasteiger partial charge is 0.384 e. The first-order chi connectivity index (χ1) is 9.10. The first-order valence-electron chi connectivity index (χ1n) is 6.64. The van der Waals surface area contributed by atoms with Gasteiger partial charge in [-0.05, 0) is 26.9 Å². The van der Waals surface area contributed by atoms with Gasteiger partial charge in [0, 0.05) is 32.3 Å². The molecule has 2 rings (SSSR count). The van der Waals surface area contributed by atoms with Crippen molar-refractivity contribution in [1.82, 2.24) is 14.9 Å². The molecule has 0 saturated carbocycles. The molecule has 1 aliphatic rings. The Balaban J connectivity index is 2.06. The molecule has 1 fully saturated rings. The monoisotopic (exact) mass is 265 g/mol. The molecular formula is C13H23N5O. The van der Waals surface area contributed by atoms with Crippen LogP contribution in [0.1, 0.15) is 18.7 Å². The van der Waals surface area contributed by atoms with Gasteiger partial charge in [0.25, 0.3) is 0 Å². The second kappa shape index (κ2) is 6.16. The Morgan fingerprint density at radius 3 is 2.63 bits per heavy atom. The average molecular weight is 265 g/mol. The van der Waals surface area contributed by atoms with E-state index in [9.17, 15) is 0 Å². The molecule has 0 aromatic carbocycles. The molecule has 0 amide bonds. The Morgan fingerprint density at radius 2 is 2.05 bits per heavy atom. The molecule has 0 atom stereocenters. The van der Waals surface area contributed by atoms with Gasteiger partial charge in [-0.1, -0.05) is 0 Å². The fraction of sp³-hybridized carbons (Fsp3) is 0.692. The lowest BCUT2D eigenvalue weighted by Gasteiger charge is -2.35. The van der Waals surface area contributed by atoms with E-state index in [1.807, 2.05) is 6.07 Å². The number of methoxy groups -OCH3 is 1. The van der Waals surface area contributed by atoms with Crippen LogP contribution in [0.5, 0.6) is 0 Å². The molecule has 2 N–H and O–H groups in total. The van der Waals surface area contributed by atoms with Crippen LogP contribution >= 0.6 is 0 Å². The predicted octanol–water partition coefficient (Wildman–Crippen LogP) is 0.736. The summed E-state index contributed by atoms with van der Waals surface area (Å²) in [6.07, 6.45) is 2.30. The van der Waals surface area contributed by atoms with Crippen molar-refractivity contribution in [3.8, 4) is 0 Å². The lowest BCUT2D eigenvalue weighted by atomic mass is 10.0. The van der Waals surface area contributed by atoms with Crippen LogP contribution in [0.2, 0.25) is 0 Å². The highest BCUT2D eigenvalue weighted by atomic mass is 16.5. The molecular weight excluding hydrogens is 242 g/mol. The first-order valence-corrected chi connectivity index (χ1v) is 6.64. The zero-order valence-corrected chi connectivity index (χ0v) is 12.0. The van der Waals surface area contributed by atoms with Gasteiger partial charge in [0.05, 0.1) is 0 Å². The van der Waals surface area contributed by atoms with E-state index in [0.29, 0.717) is 24.3 Å². The second-order valence-corrected chi connectivity index (χ2v) is 5.18. The summed E-state index contributed by atoms with van der Waals surface area (Å²) in [7, 11) is 5.91. The third-order valence-corrected chi connectivity index (χ3v) is 3.57. The molecule has 0 unspecified atom stereocenters. The number of piperidine rings is 1. The molecule has 106 valence electrons. The predicted molar refractivity (Wildman–Crippen MR) is 76.1 cm³/mol. The van der Waals surface area contributed by atoms with Crippen LogP contribution in [0.4, 0.5) is 11.6 Å². The third-order valence-electron chi connectivity index (χ3n) is 3.57. The minimum Gasteiger partial charge on any atom is -0.384 e. The molecule has 6 nitrogen and oxygen atoms in total. The Morgan fingerprint density at radius 1 is 1.37 bits per heavy atom. The van der Waals surface area contributed by atoms with Crippen LogP contribution in [0.25, 0.3) is 0 Å². The number of rotatable bonds is 4. The summed E-state index contributed by atoms with van der Waals surface area (Å²) in [4.78, 5) is 13.3. The number of hydrogen-bond donors (Lipinski definition) is 1. The molecule has 0 radical (unpaired) electrons. The zero-order valence-electron chi connectivity index (χ0n) is 12.0. The van der Waals surface area contributed by atoms with Crippen LogP contribution < -0.4 is 10.6 Å². The van der Waals surface area contributed by atoms with Crippen LogP contribution in [0, 0.1) is 0 Å². The summed E-state index contributed by atoms with van der Waals surface area (Å²) in [5.74, 6) is 2.07. The molecule has 1 saturated heterocycles. The minimum absolute atomic E-state index is 0.395. The van der Waals surface area contributed by atoms with E-state index in [1.54, 1.807) is 7.11 Å². The van der Waals surface area contributed by atoms with E-state index in [1.165, 1.54) is 0 Å². The highest BCUT2D eigenvalue weighted by molar-refractivity contribution is 5.47. The number of nitrogens with zero attached hydrogens (tertiary/aromatic N) is 4. The Labute approximate surface area is 114 Å². The fourth-order valence-corrected chi connectivity index (χ4v) is 2.47. The topological polar surface area (TPSA) is 67.5 Å². The lowest BCUT2D eigenvalue weighted by Crippen LogP contribution is -2.42. The van der Waals surface area contributed by atoms with Crippen molar-refractivity contribution >= 4 is 11.6 Å². The smallest absolute Gasteiger partial charge is 0.158 e. The van der Waals surface area contributed by atoms with Gasteiger partial charge >= 0.3 is 0 Å². The minimum atomic E-state index is 0.395. The lowest BCUT2D eigenvalue weighted by molar-refractivity contribution is 0.178. The van der Waals surface area contributed by atoms with Gasteiger partial charge in [-0.3, -0.25) is 0 Å². The Kier molecular flexibility index (Phi) is 4.55. The van der Waals surface area contributed by atoms with Gasteiger partial charge in [0.15, 0.2) is 5.82 Å². The van der Waals surface area contributed by atoms with Gasteiger partial charge in [0.1, 0.15) is 18.2 Å². The maximum atomic E-state index is 5.83. The quantitative estimate of drug-likeness (QED) is 0.866. The van der Waals surface area contributed by atoms with E-state index < -0.39 is 0 Å². The molecule has 19 heavy (non-hydrogen) atoms. The van der Waals surface area contributed by atoms with Gasteiger partial charge in [-0.25, -0.2) is 9.97 Å². The molecule has 0 spiro atoms. The van der Waals surface area contributed by atoms with Gasteiger partial charge in [-0.15, -0.1) is 0 Å². The maximum absolute atomic E-state index is 5.83. The molecule has 1 aliphatic heterocycles. The number of hydrogen-bond acceptors (Lipinski definition) is 6. The number of nitrogen functional groups attached to an aromatic ring is 1. The maximum Gasteiger partial charge on any atom is 0.158 e. The molecule has 1 aromatic heterocycles. The van der Waals surface area contributed by atoms with Crippen molar-refractivity contribution < 1.29 is 4.74 Å². The van der Waals surface area contributed by atoms with Crippen molar-refractivity contribution in [3.63, 3.8) is 0 Å². The van der Waals surface area contributed by atoms with Crippen LogP contribution in [0.15, 0.2) is 6.07 Å². The highest BCUT2D eigenvalue weighted by Crippen LogP contribution is 2.21.